The van der Waals surface area contributed by atoms with Gasteiger partial charge in [-0.05, 0) is 17.7 Å². The van der Waals surface area contributed by atoms with Crippen LogP contribution in [0.25, 0.3) is 0 Å². The molecule has 1 aromatic rings. The lowest BCUT2D eigenvalue weighted by atomic mass is 10.2. The van der Waals surface area contributed by atoms with E-state index in [1.165, 1.54) is 0 Å². The Bertz CT molecular complexity index is 583. The fourth-order valence-corrected chi connectivity index (χ4v) is 2.06. The Morgan fingerprint density at radius 3 is 2.85 bits per heavy atom. The maximum absolute atomic E-state index is 11.3. The van der Waals surface area contributed by atoms with Crippen LogP contribution in [0.5, 0.6) is 0 Å². The zero-order valence-electron chi connectivity index (χ0n) is 10.7. The lowest BCUT2D eigenvalue weighted by Gasteiger charge is -2.08. The second-order valence-electron chi connectivity index (χ2n) is 4.54. The number of epoxide rings is 1. The number of amides is 1. The zero-order valence-corrected chi connectivity index (χ0v) is 11.5. The van der Waals surface area contributed by atoms with Gasteiger partial charge in [0, 0.05) is 18.8 Å². The van der Waals surface area contributed by atoms with Gasteiger partial charge in [-0.2, -0.15) is 8.42 Å². The van der Waals surface area contributed by atoms with Gasteiger partial charge >= 0.3 is 0 Å². The van der Waals surface area contributed by atoms with Gasteiger partial charge in [0.05, 0.1) is 12.7 Å². The molecule has 3 N–H and O–H groups in total. The number of ether oxygens (including phenoxy) is 1. The summed E-state index contributed by atoms with van der Waals surface area (Å²) in [5, 5.41) is 5.63. The van der Waals surface area contributed by atoms with Crippen molar-refractivity contribution < 1.29 is 22.5 Å². The average Bonchev–Trinajstić information content (AvgIpc) is 3.16. The first-order chi connectivity index (χ1) is 9.42. The molecule has 0 bridgehead atoms. The molecule has 2 rings (SSSR count). The SMILES string of the molecule is O=C(CS(=O)(=O)O)NCc1cccc(NCC2CO2)c1. The molecule has 0 radical (unpaired) electrons. The summed E-state index contributed by atoms with van der Waals surface area (Å²) in [6.07, 6.45) is 0.271. The molecular formula is C12H16N2O5S. The molecule has 1 unspecified atom stereocenters. The number of hydrogen-bond acceptors (Lipinski definition) is 5. The van der Waals surface area contributed by atoms with Crippen LogP contribution in [-0.4, -0.2) is 43.9 Å². The predicted octanol–water partition coefficient (Wildman–Crippen LogP) is 0.00130. The van der Waals surface area contributed by atoms with E-state index < -0.39 is 21.8 Å². The van der Waals surface area contributed by atoms with Gasteiger partial charge in [0.1, 0.15) is 0 Å². The number of anilines is 1. The Kier molecular flexibility index (Phi) is 4.58. The van der Waals surface area contributed by atoms with Crippen LogP contribution in [-0.2, 0) is 26.2 Å². The Labute approximate surface area is 117 Å². The van der Waals surface area contributed by atoms with Gasteiger partial charge in [0.15, 0.2) is 5.75 Å². The largest absolute Gasteiger partial charge is 0.382 e. The van der Waals surface area contributed by atoms with Gasteiger partial charge < -0.3 is 15.4 Å². The monoisotopic (exact) mass is 300 g/mol. The van der Waals surface area contributed by atoms with Crippen LogP contribution in [0, 0.1) is 0 Å². The second-order valence-corrected chi connectivity index (χ2v) is 5.99. The molecule has 1 fully saturated rings. The van der Waals surface area contributed by atoms with E-state index in [9.17, 15) is 13.2 Å². The Morgan fingerprint density at radius 2 is 2.20 bits per heavy atom. The van der Waals surface area contributed by atoms with Gasteiger partial charge in [-0.1, -0.05) is 12.1 Å². The van der Waals surface area contributed by atoms with Crippen molar-refractivity contribution in [1.29, 1.82) is 0 Å². The minimum Gasteiger partial charge on any atom is -0.382 e. The molecule has 1 atom stereocenters. The Morgan fingerprint density at radius 1 is 1.45 bits per heavy atom. The smallest absolute Gasteiger partial charge is 0.274 e. The van der Waals surface area contributed by atoms with Gasteiger partial charge in [-0.25, -0.2) is 0 Å². The Balaban J connectivity index is 1.82. The van der Waals surface area contributed by atoms with Crippen LogP contribution in [0.3, 0.4) is 0 Å². The number of rotatable bonds is 7. The van der Waals surface area contributed by atoms with Gasteiger partial charge in [-0.3, -0.25) is 9.35 Å². The normalized spacial score (nSPS) is 17.6. The van der Waals surface area contributed by atoms with E-state index in [4.69, 9.17) is 9.29 Å². The van der Waals surface area contributed by atoms with E-state index in [1.807, 2.05) is 24.3 Å². The highest BCUT2D eigenvalue weighted by atomic mass is 32.2. The highest BCUT2D eigenvalue weighted by molar-refractivity contribution is 7.86. The van der Waals surface area contributed by atoms with Crippen LogP contribution >= 0.6 is 0 Å². The van der Waals surface area contributed by atoms with Crippen LogP contribution < -0.4 is 10.6 Å². The predicted molar refractivity (Wildman–Crippen MR) is 72.9 cm³/mol. The quantitative estimate of drug-likeness (QED) is 0.483. The van der Waals surface area contributed by atoms with Crippen LogP contribution in [0.15, 0.2) is 24.3 Å². The van der Waals surface area contributed by atoms with Gasteiger partial charge in [0.2, 0.25) is 5.91 Å². The summed E-state index contributed by atoms with van der Waals surface area (Å²) in [4.78, 5) is 11.3. The third kappa shape index (κ3) is 5.55. The zero-order chi connectivity index (χ0) is 14.6. The highest BCUT2D eigenvalue weighted by Gasteiger charge is 2.21. The van der Waals surface area contributed by atoms with E-state index in [0.29, 0.717) is 0 Å². The summed E-state index contributed by atoms with van der Waals surface area (Å²) < 4.78 is 34.7. The molecule has 1 amide bonds. The summed E-state index contributed by atoms with van der Waals surface area (Å²) in [5.41, 5.74) is 1.73. The number of benzene rings is 1. The lowest BCUT2D eigenvalue weighted by Crippen LogP contribution is -2.29. The van der Waals surface area contributed by atoms with Crippen molar-refractivity contribution in [3.8, 4) is 0 Å². The summed E-state index contributed by atoms with van der Waals surface area (Å²) in [6.45, 7) is 1.71. The minimum atomic E-state index is -4.29. The minimum absolute atomic E-state index is 0.198. The first-order valence-corrected chi connectivity index (χ1v) is 7.69. The molecule has 0 saturated carbocycles. The molecule has 1 aliphatic rings. The maximum Gasteiger partial charge on any atom is 0.274 e. The maximum atomic E-state index is 11.3. The van der Waals surface area contributed by atoms with E-state index in [2.05, 4.69) is 10.6 Å². The highest BCUT2D eigenvalue weighted by Crippen LogP contribution is 2.14. The fourth-order valence-electron chi connectivity index (χ4n) is 1.63. The molecule has 0 spiro atoms. The number of hydrogen-bond donors (Lipinski definition) is 3. The van der Waals surface area contributed by atoms with Crippen LogP contribution in [0.4, 0.5) is 5.69 Å². The standard InChI is InChI=1S/C12H16N2O5S/c15-12(8-20(16,17)18)14-5-9-2-1-3-10(4-9)13-6-11-7-19-11/h1-4,11,13H,5-8H2,(H,14,15)(H,16,17,18). The average molecular weight is 300 g/mol. The molecule has 0 aliphatic carbocycles. The van der Waals surface area contributed by atoms with Crippen molar-refractivity contribution in [2.24, 2.45) is 0 Å². The summed E-state index contributed by atoms with van der Waals surface area (Å²) >= 11 is 0. The van der Waals surface area contributed by atoms with E-state index in [0.717, 1.165) is 24.4 Å². The van der Waals surface area contributed by atoms with E-state index in [1.54, 1.807) is 0 Å². The third-order valence-corrected chi connectivity index (χ3v) is 3.29. The van der Waals surface area contributed by atoms with Crippen molar-refractivity contribution >= 4 is 21.7 Å². The molecular weight excluding hydrogens is 284 g/mol. The van der Waals surface area contributed by atoms with Crippen molar-refractivity contribution in [3.05, 3.63) is 29.8 Å². The molecule has 1 aromatic carbocycles. The van der Waals surface area contributed by atoms with Gasteiger partial charge in [0.25, 0.3) is 10.1 Å². The molecule has 1 saturated heterocycles. The molecule has 8 heteroatoms. The number of nitrogens with one attached hydrogen (secondary N) is 2. The van der Waals surface area contributed by atoms with Crippen molar-refractivity contribution in [1.82, 2.24) is 5.32 Å². The molecule has 1 aliphatic heterocycles. The lowest BCUT2D eigenvalue weighted by molar-refractivity contribution is -0.118. The van der Waals surface area contributed by atoms with E-state index in [-0.39, 0.29) is 12.6 Å². The third-order valence-electron chi connectivity index (χ3n) is 2.67. The number of carbonyl (C=O) groups excluding carboxylic acids is 1. The Hall–Kier alpha value is -1.64. The molecule has 0 aromatic heterocycles. The van der Waals surface area contributed by atoms with Crippen LogP contribution in [0.2, 0.25) is 0 Å². The topological polar surface area (TPSA) is 108 Å². The number of carbonyl (C=O) groups is 1. The van der Waals surface area contributed by atoms with Crippen molar-refractivity contribution in [2.75, 3.05) is 24.2 Å². The summed E-state index contributed by atoms with van der Waals surface area (Å²) in [7, 11) is -4.29. The van der Waals surface area contributed by atoms with Crippen LogP contribution in [0.1, 0.15) is 5.56 Å². The first-order valence-electron chi connectivity index (χ1n) is 6.09. The molecule has 7 nitrogen and oxygen atoms in total. The molecule has 110 valence electrons. The van der Waals surface area contributed by atoms with Crippen molar-refractivity contribution in [3.63, 3.8) is 0 Å². The molecule has 1 heterocycles. The van der Waals surface area contributed by atoms with Crippen molar-refractivity contribution in [2.45, 2.75) is 12.6 Å². The second kappa shape index (κ2) is 6.21. The first kappa shape index (κ1) is 14.8. The molecule has 20 heavy (non-hydrogen) atoms. The summed E-state index contributed by atoms with van der Waals surface area (Å²) in [5.74, 6) is -1.67. The van der Waals surface area contributed by atoms with E-state index >= 15 is 0 Å². The van der Waals surface area contributed by atoms with Gasteiger partial charge in [-0.15, -0.1) is 0 Å². The summed E-state index contributed by atoms with van der Waals surface area (Å²) in [6, 6.07) is 7.40. The fraction of sp³-hybridized carbons (Fsp3) is 0.417.